The zero-order valence-corrected chi connectivity index (χ0v) is 8.38. The highest BCUT2D eigenvalue weighted by atomic mass is 35.5. The second kappa shape index (κ2) is 4.52. The van der Waals surface area contributed by atoms with E-state index < -0.39 is 5.82 Å². The van der Waals surface area contributed by atoms with Crippen molar-refractivity contribution in [1.29, 1.82) is 0 Å². The van der Waals surface area contributed by atoms with E-state index in [0.717, 1.165) is 19.5 Å². The number of aromatic nitrogens is 2. The summed E-state index contributed by atoms with van der Waals surface area (Å²) in [5.74, 6) is 0.154. The lowest BCUT2D eigenvalue weighted by atomic mass is 10.3. The molecule has 4 nitrogen and oxygen atoms in total. The first-order valence-electron chi connectivity index (χ1n) is 4.24. The lowest BCUT2D eigenvalue weighted by Crippen LogP contribution is -2.27. The van der Waals surface area contributed by atoms with Gasteiger partial charge in [-0.2, -0.15) is 0 Å². The average molecular weight is 219 g/mol. The molecule has 1 aromatic rings. The van der Waals surface area contributed by atoms with Crippen molar-refractivity contribution < 1.29 is 4.39 Å². The summed E-state index contributed by atoms with van der Waals surface area (Å²) in [6.45, 7) is 1.61. The van der Waals surface area contributed by atoms with Gasteiger partial charge in [0.05, 0.1) is 12.4 Å². The molecule has 1 aliphatic heterocycles. The van der Waals surface area contributed by atoms with Crippen LogP contribution < -0.4 is 10.6 Å². The molecule has 0 aromatic carbocycles. The van der Waals surface area contributed by atoms with Crippen molar-refractivity contribution in [1.82, 2.24) is 9.97 Å². The molecular formula is C8H12ClFN4. The maximum Gasteiger partial charge on any atom is 0.225 e. The molecule has 1 aromatic heterocycles. The van der Waals surface area contributed by atoms with Crippen LogP contribution in [0.4, 0.5) is 10.3 Å². The summed E-state index contributed by atoms with van der Waals surface area (Å²) >= 11 is 0. The highest BCUT2D eigenvalue weighted by molar-refractivity contribution is 5.85. The molecule has 1 unspecified atom stereocenters. The minimum absolute atomic E-state index is 0. The Morgan fingerprint density at radius 1 is 1.43 bits per heavy atom. The van der Waals surface area contributed by atoms with Gasteiger partial charge in [0.25, 0.3) is 0 Å². The van der Waals surface area contributed by atoms with Gasteiger partial charge < -0.3 is 10.6 Å². The lowest BCUT2D eigenvalue weighted by Gasteiger charge is -2.14. The van der Waals surface area contributed by atoms with Crippen LogP contribution in [0.2, 0.25) is 0 Å². The Bertz CT molecular complexity index is 292. The number of anilines is 1. The summed E-state index contributed by atoms with van der Waals surface area (Å²) < 4.78 is 12.5. The van der Waals surface area contributed by atoms with Crippen molar-refractivity contribution in [3.8, 4) is 0 Å². The second-order valence-electron chi connectivity index (χ2n) is 3.20. The molecule has 2 heterocycles. The summed E-state index contributed by atoms with van der Waals surface area (Å²) in [5.41, 5.74) is 5.72. The van der Waals surface area contributed by atoms with Gasteiger partial charge in [0.2, 0.25) is 5.95 Å². The van der Waals surface area contributed by atoms with E-state index in [9.17, 15) is 4.39 Å². The number of halogens is 2. The van der Waals surface area contributed by atoms with E-state index in [2.05, 4.69) is 9.97 Å². The van der Waals surface area contributed by atoms with Gasteiger partial charge in [0.1, 0.15) is 0 Å². The van der Waals surface area contributed by atoms with E-state index >= 15 is 0 Å². The van der Waals surface area contributed by atoms with Gasteiger partial charge in [0, 0.05) is 19.1 Å². The van der Waals surface area contributed by atoms with Gasteiger partial charge in [-0.05, 0) is 6.42 Å². The molecular weight excluding hydrogens is 207 g/mol. The van der Waals surface area contributed by atoms with Gasteiger partial charge >= 0.3 is 0 Å². The fourth-order valence-corrected chi connectivity index (χ4v) is 1.44. The van der Waals surface area contributed by atoms with Crippen LogP contribution >= 0.6 is 12.4 Å². The van der Waals surface area contributed by atoms with Crippen molar-refractivity contribution >= 4 is 18.4 Å². The zero-order valence-electron chi connectivity index (χ0n) is 7.56. The fourth-order valence-electron chi connectivity index (χ4n) is 1.44. The minimum Gasteiger partial charge on any atom is -0.339 e. The quantitative estimate of drug-likeness (QED) is 0.749. The maximum atomic E-state index is 12.5. The van der Waals surface area contributed by atoms with Crippen molar-refractivity contribution in [2.75, 3.05) is 18.0 Å². The summed E-state index contributed by atoms with van der Waals surface area (Å²) in [6.07, 6.45) is 3.29. The third-order valence-electron chi connectivity index (χ3n) is 2.11. The monoisotopic (exact) mass is 218 g/mol. The van der Waals surface area contributed by atoms with Crippen molar-refractivity contribution in [2.24, 2.45) is 5.73 Å². The largest absolute Gasteiger partial charge is 0.339 e. The SMILES string of the molecule is Cl.NC1CCN(c2ncc(F)cn2)C1. The van der Waals surface area contributed by atoms with Crippen molar-refractivity contribution in [3.05, 3.63) is 18.2 Å². The molecule has 0 radical (unpaired) electrons. The fraction of sp³-hybridized carbons (Fsp3) is 0.500. The number of nitrogens with zero attached hydrogens (tertiary/aromatic N) is 3. The van der Waals surface area contributed by atoms with Gasteiger partial charge in [-0.3, -0.25) is 0 Å². The summed E-state index contributed by atoms with van der Waals surface area (Å²) in [7, 11) is 0. The normalized spacial score (nSPS) is 20.7. The predicted molar refractivity (Wildman–Crippen MR) is 54.0 cm³/mol. The molecule has 0 spiro atoms. The van der Waals surface area contributed by atoms with Crippen LogP contribution in [0, 0.1) is 5.82 Å². The standard InChI is InChI=1S/C8H11FN4.ClH/c9-6-3-11-8(12-4-6)13-2-1-7(10)5-13;/h3-4,7H,1-2,5,10H2;1H. The van der Waals surface area contributed by atoms with Crippen LogP contribution in [-0.2, 0) is 0 Å². The highest BCUT2D eigenvalue weighted by Crippen LogP contribution is 2.13. The Morgan fingerprint density at radius 3 is 2.57 bits per heavy atom. The molecule has 2 rings (SSSR count). The predicted octanol–water partition coefficient (Wildman–Crippen LogP) is 0.575. The Hall–Kier alpha value is -0.940. The number of hydrogen-bond acceptors (Lipinski definition) is 4. The van der Waals surface area contributed by atoms with Gasteiger partial charge in [0.15, 0.2) is 5.82 Å². The summed E-state index contributed by atoms with van der Waals surface area (Å²) in [6, 6.07) is 0.189. The van der Waals surface area contributed by atoms with Crippen LogP contribution in [0.1, 0.15) is 6.42 Å². The van der Waals surface area contributed by atoms with E-state index in [1.54, 1.807) is 0 Å². The molecule has 1 atom stereocenters. The Balaban J connectivity index is 0.000000980. The smallest absolute Gasteiger partial charge is 0.225 e. The van der Waals surface area contributed by atoms with E-state index in [1.807, 2.05) is 4.90 Å². The number of rotatable bonds is 1. The molecule has 0 aliphatic carbocycles. The Labute approximate surface area is 87.7 Å². The lowest BCUT2D eigenvalue weighted by molar-refractivity contribution is 0.612. The minimum atomic E-state index is -0.410. The maximum absolute atomic E-state index is 12.5. The van der Waals surface area contributed by atoms with E-state index in [-0.39, 0.29) is 18.4 Å². The first-order valence-corrected chi connectivity index (χ1v) is 4.24. The molecule has 1 saturated heterocycles. The molecule has 6 heteroatoms. The van der Waals surface area contributed by atoms with Crippen LogP contribution in [-0.4, -0.2) is 29.1 Å². The molecule has 2 N–H and O–H groups in total. The van der Waals surface area contributed by atoms with Crippen molar-refractivity contribution in [3.63, 3.8) is 0 Å². The molecule has 0 bridgehead atoms. The summed E-state index contributed by atoms with van der Waals surface area (Å²) in [4.78, 5) is 9.72. The zero-order chi connectivity index (χ0) is 9.26. The topological polar surface area (TPSA) is 55.0 Å². The molecule has 0 amide bonds. The van der Waals surface area contributed by atoms with Crippen LogP contribution in [0.3, 0.4) is 0 Å². The Kier molecular flexibility index (Phi) is 3.60. The molecule has 1 aliphatic rings. The Morgan fingerprint density at radius 2 is 2.07 bits per heavy atom. The van der Waals surface area contributed by atoms with Crippen LogP contribution in [0.15, 0.2) is 12.4 Å². The van der Waals surface area contributed by atoms with E-state index in [0.29, 0.717) is 5.95 Å². The first-order chi connectivity index (χ1) is 6.25. The van der Waals surface area contributed by atoms with E-state index in [1.165, 1.54) is 12.4 Å². The molecule has 1 fully saturated rings. The molecule has 14 heavy (non-hydrogen) atoms. The number of hydrogen-bond donors (Lipinski definition) is 1. The third-order valence-corrected chi connectivity index (χ3v) is 2.11. The van der Waals surface area contributed by atoms with Crippen LogP contribution in [0.5, 0.6) is 0 Å². The highest BCUT2D eigenvalue weighted by Gasteiger charge is 2.20. The number of nitrogens with two attached hydrogens (primary N) is 1. The van der Waals surface area contributed by atoms with Gasteiger partial charge in [-0.25, -0.2) is 14.4 Å². The van der Waals surface area contributed by atoms with Gasteiger partial charge in [-0.15, -0.1) is 12.4 Å². The third kappa shape index (κ3) is 2.30. The second-order valence-corrected chi connectivity index (χ2v) is 3.20. The summed E-state index contributed by atoms with van der Waals surface area (Å²) in [5, 5.41) is 0. The molecule has 78 valence electrons. The molecule has 0 saturated carbocycles. The first kappa shape index (κ1) is 11.1. The average Bonchev–Trinajstić information content (AvgIpc) is 2.53. The van der Waals surface area contributed by atoms with Crippen molar-refractivity contribution in [2.45, 2.75) is 12.5 Å². The van der Waals surface area contributed by atoms with E-state index in [4.69, 9.17) is 5.73 Å². The van der Waals surface area contributed by atoms with Crippen LogP contribution in [0.25, 0.3) is 0 Å². The van der Waals surface area contributed by atoms with Gasteiger partial charge in [-0.1, -0.05) is 0 Å².